The first kappa shape index (κ1) is 13.7. The minimum absolute atomic E-state index is 0. The maximum atomic E-state index is 13.5. The summed E-state index contributed by atoms with van der Waals surface area (Å²) in [4.78, 5) is 0. The molecule has 1 nitrogen and oxygen atoms in total. The van der Waals surface area contributed by atoms with Crippen molar-refractivity contribution in [3.63, 3.8) is 0 Å². The topological polar surface area (TPSA) is 12.0 Å². The van der Waals surface area contributed by atoms with Crippen LogP contribution in [-0.4, -0.2) is 6.54 Å². The average molecular weight is 268 g/mol. The maximum Gasteiger partial charge on any atom is 0.142 e. The molecule has 0 bridgehead atoms. The fraction of sp³-hybridized carbons (Fsp3) is 0.455. The molecule has 1 aromatic rings. The van der Waals surface area contributed by atoms with E-state index in [4.69, 9.17) is 11.6 Å². The van der Waals surface area contributed by atoms with Crippen LogP contribution < -0.4 is 5.32 Å². The van der Waals surface area contributed by atoms with Crippen LogP contribution in [0.5, 0.6) is 0 Å². The normalized spacial score (nSPS) is 20.3. The smallest absolute Gasteiger partial charge is 0.142 e. The second-order valence-electron chi connectivity index (χ2n) is 3.76. The van der Waals surface area contributed by atoms with Gasteiger partial charge in [0.05, 0.1) is 5.02 Å². The lowest BCUT2D eigenvalue weighted by atomic mass is 9.97. The zero-order valence-electron chi connectivity index (χ0n) is 8.60. The molecule has 1 aliphatic rings. The number of benzene rings is 1. The molecule has 1 atom stereocenters. The van der Waals surface area contributed by atoms with Gasteiger partial charge in [-0.15, -0.1) is 12.4 Å². The Kier molecular flexibility index (Phi) is 4.96. The monoisotopic (exact) mass is 267 g/mol. The average Bonchev–Trinajstić information content (AvgIpc) is 2.26. The molecular weight excluding hydrogens is 255 g/mol. The molecule has 90 valence electrons. The van der Waals surface area contributed by atoms with Gasteiger partial charge in [0.2, 0.25) is 0 Å². The minimum Gasteiger partial charge on any atom is -0.310 e. The second kappa shape index (κ2) is 5.80. The van der Waals surface area contributed by atoms with Crippen LogP contribution in [0, 0.1) is 11.6 Å². The Morgan fingerprint density at radius 1 is 1.19 bits per heavy atom. The van der Waals surface area contributed by atoms with Crippen LogP contribution in [0.15, 0.2) is 12.1 Å². The van der Waals surface area contributed by atoms with E-state index in [-0.39, 0.29) is 29.0 Å². The molecule has 0 radical (unpaired) electrons. The molecule has 0 spiro atoms. The molecule has 1 aromatic carbocycles. The summed E-state index contributed by atoms with van der Waals surface area (Å²) < 4.78 is 26.7. The number of piperidine rings is 1. The maximum absolute atomic E-state index is 13.5. The fourth-order valence-electron chi connectivity index (χ4n) is 1.96. The van der Waals surface area contributed by atoms with E-state index in [1.165, 1.54) is 0 Å². The molecular formula is C11H13Cl2F2N. The minimum atomic E-state index is -0.555. The lowest BCUT2D eigenvalue weighted by Gasteiger charge is -2.25. The lowest BCUT2D eigenvalue weighted by Crippen LogP contribution is -2.28. The molecule has 1 N–H and O–H groups in total. The number of nitrogens with one attached hydrogen (secondary N) is 1. The Labute approximate surface area is 105 Å². The zero-order valence-corrected chi connectivity index (χ0v) is 10.2. The Balaban J connectivity index is 0.00000128. The molecule has 0 unspecified atom stereocenters. The van der Waals surface area contributed by atoms with Gasteiger partial charge < -0.3 is 5.32 Å². The third-order valence-electron chi connectivity index (χ3n) is 2.74. The van der Waals surface area contributed by atoms with Crippen LogP contribution in [0.2, 0.25) is 5.02 Å². The second-order valence-corrected chi connectivity index (χ2v) is 4.14. The summed E-state index contributed by atoms with van der Waals surface area (Å²) in [6.45, 7) is 0.830. The van der Waals surface area contributed by atoms with Crippen molar-refractivity contribution in [1.29, 1.82) is 0 Å². The van der Waals surface area contributed by atoms with Gasteiger partial charge in [-0.05, 0) is 31.5 Å². The first-order valence-corrected chi connectivity index (χ1v) is 5.44. The first-order valence-electron chi connectivity index (χ1n) is 5.07. The van der Waals surface area contributed by atoms with E-state index in [2.05, 4.69) is 5.32 Å². The number of rotatable bonds is 1. The van der Waals surface area contributed by atoms with Gasteiger partial charge in [0.15, 0.2) is 0 Å². The van der Waals surface area contributed by atoms with E-state index >= 15 is 0 Å². The van der Waals surface area contributed by atoms with Crippen LogP contribution in [0.4, 0.5) is 8.78 Å². The highest BCUT2D eigenvalue weighted by Gasteiger charge is 2.22. The summed E-state index contributed by atoms with van der Waals surface area (Å²) in [7, 11) is 0. The Morgan fingerprint density at radius 3 is 2.50 bits per heavy atom. The predicted molar refractivity (Wildman–Crippen MR) is 63.2 cm³/mol. The summed E-state index contributed by atoms with van der Waals surface area (Å²) in [5.74, 6) is -0.985. The molecule has 0 saturated carbocycles. The van der Waals surface area contributed by atoms with Crippen molar-refractivity contribution >= 4 is 24.0 Å². The Bertz CT molecular complexity index is 365. The van der Waals surface area contributed by atoms with E-state index in [9.17, 15) is 8.78 Å². The van der Waals surface area contributed by atoms with E-state index in [0.29, 0.717) is 0 Å². The van der Waals surface area contributed by atoms with Gasteiger partial charge in [0.1, 0.15) is 11.6 Å². The summed E-state index contributed by atoms with van der Waals surface area (Å²) in [5.41, 5.74) is 0.274. The first-order chi connectivity index (χ1) is 7.20. The van der Waals surface area contributed by atoms with Gasteiger partial charge in [-0.25, -0.2) is 8.78 Å². The van der Waals surface area contributed by atoms with Crippen molar-refractivity contribution in [3.05, 3.63) is 34.4 Å². The third-order valence-corrected chi connectivity index (χ3v) is 3.12. The quantitative estimate of drug-likeness (QED) is 0.763. The van der Waals surface area contributed by atoms with E-state index in [1.54, 1.807) is 0 Å². The fourth-order valence-corrected chi connectivity index (χ4v) is 2.25. The molecule has 0 aromatic heterocycles. The van der Waals surface area contributed by atoms with Crippen LogP contribution in [0.3, 0.4) is 0 Å². The van der Waals surface area contributed by atoms with Crippen LogP contribution in [-0.2, 0) is 0 Å². The van der Waals surface area contributed by atoms with E-state index in [1.807, 2.05) is 0 Å². The highest BCUT2D eigenvalue weighted by molar-refractivity contribution is 6.31. The van der Waals surface area contributed by atoms with Gasteiger partial charge in [-0.2, -0.15) is 0 Å². The third kappa shape index (κ3) is 2.65. The SMILES string of the molecule is Cl.Fc1ccc(F)c([C@@H]2CCCCN2)c1Cl. The van der Waals surface area contributed by atoms with E-state index in [0.717, 1.165) is 37.9 Å². The summed E-state index contributed by atoms with van der Waals surface area (Å²) in [6, 6.07) is 2.04. The Morgan fingerprint density at radius 2 is 1.88 bits per heavy atom. The van der Waals surface area contributed by atoms with Gasteiger partial charge in [0.25, 0.3) is 0 Å². The Hall–Kier alpha value is -0.380. The van der Waals surface area contributed by atoms with Gasteiger partial charge in [-0.1, -0.05) is 18.0 Å². The lowest BCUT2D eigenvalue weighted by molar-refractivity contribution is 0.398. The molecule has 0 amide bonds. The number of hydrogen-bond acceptors (Lipinski definition) is 1. The van der Waals surface area contributed by atoms with Gasteiger partial charge in [0, 0.05) is 11.6 Å². The van der Waals surface area contributed by atoms with Crippen molar-refractivity contribution in [2.45, 2.75) is 25.3 Å². The largest absolute Gasteiger partial charge is 0.310 e. The molecule has 1 heterocycles. The highest BCUT2D eigenvalue weighted by Crippen LogP contribution is 2.32. The van der Waals surface area contributed by atoms with E-state index < -0.39 is 11.6 Å². The standard InChI is InChI=1S/C11H12ClF2N.ClH/c12-11-8(14)5-4-7(13)10(11)9-3-1-2-6-15-9;/h4-5,9,15H,1-3,6H2;1H/t9-;/m0./s1. The number of hydrogen-bond donors (Lipinski definition) is 1. The molecule has 1 saturated heterocycles. The number of halogens is 4. The van der Waals surface area contributed by atoms with Crippen molar-refractivity contribution in [1.82, 2.24) is 5.32 Å². The summed E-state index contributed by atoms with van der Waals surface area (Å²) >= 11 is 5.78. The van der Waals surface area contributed by atoms with Gasteiger partial charge in [-0.3, -0.25) is 0 Å². The summed E-state index contributed by atoms with van der Waals surface area (Å²) in [5, 5.41) is 3.06. The molecule has 0 aliphatic carbocycles. The predicted octanol–water partition coefficient (Wildman–Crippen LogP) is 3.85. The molecule has 2 rings (SSSR count). The van der Waals surface area contributed by atoms with Crippen LogP contribution in [0.25, 0.3) is 0 Å². The van der Waals surface area contributed by atoms with Gasteiger partial charge >= 0.3 is 0 Å². The zero-order chi connectivity index (χ0) is 10.8. The molecule has 1 fully saturated rings. The summed E-state index contributed by atoms with van der Waals surface area (Å²) in [6.07, 6.45) is 2.90. The van der Waals surface area contributed by atoms with Crippen LogP contribution >= 0.6 is 24.0 Å². The molecule has 1 aliphatic heterocycles. The molecule has 16 heavy (non-hydrogen) atoms. The van der Waals surface area contributed by atoms with Crippen molar-refractivity contribution in [2.24, 2.45) is 0 Å². The highest BCUT2D eigenvalue weighted by atomic mass is 35.5. The van der Waals surface area contributed by atoms with Crippen LogP contribution in [0.1, 0.15) is 30.9 Å². The molecule has 5 heteroatoms. The van der Waals surface area contributed by atoms with Crippen molar-refractivity contribution in [2.75, 3.05) is 6.54 Å². The van der Waals surface area contributed by atoms with Crippen molar-refractivity contribution in [3.8, 4) is 0 Å². The van der Waals surface area contributed by atoms with Crippen molar-refractivity contribution < 1.29 is 8.78 Å².